The number of aryl methyl sites for hydroxylation is 2. The zero-order valence-corrected chi connectivity index (χ0v) is 17.3. The van der Waals surface area contributed by atoms with Crippen LogP contribution in [-0.2, 0) is 24.2 Å². The van der Waals surface area contributed by atoms with E-state index in [9.17, 15) is 18.0 Å². The summed E-state index contributed by atoms with van der Waals surface area (Å²) in [5.41, 5.74) is 3.82. The molecule has 1 amide bonds. The fourth-order valence-corrected chi connectivity index (χ4v) is 4.42. The van der Waals surface area contributed by atoms with Crippen molar-refractivity contribution in [3.05, 3.63) is 53.9 Å². The van der Waals surface area contributed by atoms with Gasteiger partial charge >= 0.3 is 6.18 Å². The van der Waals surface area contributed by atoms with Crippen molar-refractivity contribution >= 4 is 23.4 Å². The molecule has 4 rings (SSSR count). The number of aromatic nitrogens is 4. The second-order valence-corrected chi connectivity index (χ2v) is 8.29. The predicted molar refractivity (Wildman–Crippen MR) is 112 cm³/mol. The maximum atomic E-state index is 13.1. The molecule has 3 aromatic rings. The maximum Gasteiger partial charge on any atom is 0.406 e. The summed E-state index contributed by atoms with van der Waals surface area (Å²) in [4.78, 5) is 16.2. The molecule has 1 N–H and O–H groups in total. The fourth-order valence-electron chi connectivity index (χ4n) is 3.54. The standard InChI is InChI=1S/C21H20F3N5OS/c22-21(23,24)13-29-19(15-6-9-25-10-7-15)27-28-20(29)31-11-8-18(30)26-17-5-4-14-2-1-3-16(14)12-17/h4-7,9-10,12H,1-3,8,11,13H2,(H,26,30). The van der Waals surface area contributed by atoms with Gasteiger partial charge in [-0.15, -0.1) is 10.2 Å². The smallest absolute Gasteiger partial charge is 0.326 e. The molecule has 0 spiro atoms. The first-order chi connectivity index (χ1) is 14.9. The van der Waals surface area contributed by atoms with Crippen molar-refractivity contribution < 1.29 is 18.0 Å². The third kappa shape index (κ3) is 5.43. The van der Waals surface area contributed by atoms with Crippen LogP contribution in [0.25, 0.3) is 11.4 Å². The first-order valence-corrected chi connectivity index (χ1v) is 10.8. The minimum absolute atomic E-state index is 0.116. The number of carbonyl (C=O) groups excluding carboxylic acids is 1. The number of thioether (sulfide) groups is 1. The van der Waals surface area contributed by atoms with Crippen molar-refractivity contribution in [2.24, 2.45) is 0 Å². The van der Waals surface area contributed by atoms with Gasteiger partial charge in [0.05, 0.1) is 0 Å². The Labute approximate surface area is 181 Å². The highest BCUT2D eigenvalue weighted by Gasteiger charge is 2.31. The zero-order valence-electron chi connectivity index (χ0n) is 16.5. The summed E-state index contributed by atoms with van der Waals surface area (Å²) in [6, 6.07) is 9.07. The Balaban J connectivity index is 1.40. The molecule has 10 heteroatoms. The van der Waals surface area contributed by atoms with Crippen LogP contribution in [-0.4, -0.2) is 37.6 Å². The Morgan fingerprint density at radius 3 is 2.65 bits per heavy atom. The third-order valence-electron chi connectivity index (χ3n) is 4.94. The van der Waals surface area contributed by atoms with Gasteiger partial charge in [-0.2, -0.15) is 13.2 Å². The van der Waals surface area contributed by atoms with Gasteiger partial charge in [-0.1, -0.05) is 17.8 Å². The molecule has 0 unspecified atom stereocenters. The summed E-state index contributed by atoms with van der Waals surface area (Å²) in [7, 11) is 0. The fraction of sp³-hybridized carbons (Fsp3) is 0.333. The topological polar surface area (TPSA) is 72.7 Å². The molecule has 0 radical (unpaired) electrons. The molecule has 2 aromatic heterocycles. The van der Waals surface area contributed by atoms with Crippen LogP contribution < -0.4 is 5.32 Å². The van der Waals surface area contributed by atoms with Crippen LogP contribution in [0.3, 0.4) is 0 Å². The lowest BCUT2D eigenvalue weighted by atomic mass is 10.1. The Morgan fingerprint density at radius 2 is 1.87 bits per heavy atom. The van der Waals surface area contributed by atoms with E-state index in [1.54, 1.807) is 12.1 Å². The van der Waals surface area contributed by atoms with E-state index in [1.165, 1.54) is 23.5 Å². The Hall–Kier alpha value is -2.88. The number of nitrogens with zero attached hydrogens (tertiary/aromatic N) is 4. The number of nitrogens with one attached hydrogen (secondary N) is 1. The number of rotatable bonds is 7. The van der Waals surface area contributed by atoms with Crippen LogP contribution in [0.5, 0.6) is 0 Å². The van der Waals surface area contributed by atoms with Crippen molar-refractivity contribution in [1.82, 2.24) is 19.7 Å². The number of halogens is 3. The second kappa shape index (κ2) is 9.09. The average Bonchev–Trinajstić information content (AvgIpc) is 3.34. The number of amides is 1. The van der Waals surface area contributed by atoms with Gasteiger partial charge < -0.3 is 5.32 Å². The first kappa shape index (κ1) is 21.4. The molecule has 2 heterocycles. The largest absolute Gasteiger partial charge is 0.406 e. The molecule has 0 aliphatic heterocycles. The number of hydrogen-bond acceptors (Lipinski definition) is 5. The van der Waals surface area contributed by atoms with E-state index in [0.29, 0.717) is 5.56 Å². The second-order valence-electron chi connectivity index (χ2n) is 7.23. The molecule has 31 heavy (non-hydrogen) atoms. The number of hydrogen-bond donors (Lipinski definition) is 1. The molecule has 0 saturated heterocycles. The molecule has 162 valence electrons. The number of alkyl halides is 3. The minimum Gasteiger partial charge on any atom is -0.326 e. The van der Waals surface area contributed by atoms with Crippen molar-refractivity contribution in [2.45, 2.75) is 43.6 Å². The van der Waals surface area contributed by atoms with Gasteiger partial charge in [0.2, 0.25) is 5.91 Å². The van der Waals surface area contributed by atoms with Gasteiger partial charge in [-0.3, -0.25) is 14.3 Å². The Morgan fingerprint density at radius 1 is 1.10 bits per heavy atom. The number of anilines is 1. The van der Waals surface area contributed by atoms with E-state index in [1.807, 2.05) is 18.2 Å². The number of benzene rings is 1. The molecule has 0 saturated carbocycles. The van der Waals surface area contributed by atoms with Crippen LogP contribution in [0.1, 0.15) is 24.0 Å². The minimum atomic E-state index is -4.43. The zero-order chi connectivity index (χ0) is 21.8. The summed E-state index contributed by atoms with van der Waals surface area (Å²) in [5, 5.41) is 10.8. The highest BCUT2D eigenvalue weighted by Crippen LogP contribution is 2.29. The van der Waals surface area contributed by atoms with Crippen molar-refractivity contribution in [3.63, 3.8) is 0 Å². The summed E-state index contributed by atoms with van der Waals surface area (Å²) in [6.07, 6.45) is 1.90. The summed E-state index contributed by atoms with van der Waals surface area (Å²) in [5.74, 6) is 0.204. The molecule has 0 fully saturated rings. The monoisotopic (exact) mass is 447 g/mol. The third-order valence-corrected chi connectivity index (χ3v) is 5.90. The van der Waals surface area contributed by atoms with E-state index in [-0.39, 0.29) is 29.1 Å². The summed E-state index contributed by atoms with van der Waals surface area (Å²) >= 11 is 1.08. The van der Waals surface area contributed by atoms with Crippen molar-refractivity contribution in [3.8, 4) is 11.4 Å². The first-order valence-electron chi connectivity index (χ1n) is 9.84. The van der Waals surface area contributed by atoms with E-state index in [2.05, 4.69) is 20.5 Å². The molecular formula is C21H20F3N5OS. The van der Waals surface area contributed by atoms with Crippen molar-refractivity contribution in [1.29, 1.82) is 0 Å². The number of carbonyl (C=O) groups is 1. The number of fused-ring (bicyclic) bond motifs is 1. The van der Waals surface area contributed by atoms with Gasteiger partial charge in [0, 0.05) is 35.8 Å². The summed E-state index contributed by atoms with van der Waals surface area (Å²) in [6.45, 7) is -1.21. The van der Waals surface area contributed by atoms with E-state index < -0.39 is 12.7 Å². The maximum absolute atomic E-state index is 13.1. The summed E-state index contributed by atoms with van der Waals surface area (Å²) < 4.78 is 40.4. The molecular weight excluding hydrogens is 427 g/mol. The predicted octanol–water partition coefficient (Wildman–Crippen LogP) is 4.51. The van der Waals surface area contributed by atoms with Gasteiger partial charge in [0.15, 0.2) is 11.0 Å². The normalized spacial score (nSPS) is 13.3. The van der Waals surface area contributed by atoms with Gasteiger partial charge in [-0.05, 0) is 54.7 Å². The van der Waals surface area contributed by atoms with Crippen LogP contribution >= 0.6 is 11.8 Å². The van der Waals surface area contributed by atoms with E-state index in [0.717, 1.165) is 41.3 Å². The Kier molecular flexibility index (Phi) is 6.26. The van der Waals surface area contributed by atoms with E-state index in [4.69, 9.17) is 0 Å². The molecule has 1 aromatic carbocycles. The lowest BCUT2D eigenvalue weighted by Crippen LogP contribution is -2.19. The highest BCUT2D eigenvalue weighted by atomic mass is 32.2. The van der Waals surface area contributed by atoms with Crippen LogP contribution in [0.15, 0.2) is 47.9 Å². The van der Waals surface area contributed by atoms with E-state index >= 15 is 0 Å². The molecule has 6 nitrogen and oxygen atoms in total. The Bertz CT molecular complexity index is 1070. The quantitative estimate of drug-likeness (QED) is 0.540. The number of pyridine rings is 1. The van der Waals surface area contributed by atoms with Gasteiger partial charge in [-0.25, -0.2) is 0 Å². The van der Waals surface area contributed by atoms with Gasteiger partial charge in [0.1, 0.15) is 6.54 Å². The van der Waals surface area contributed by atoms with Crippen LogP contribution in [0, 0.1) is 0 Å². The van der Waals surface area contributed by atoms with Gasteiger partial charge in [0.25, 0.3) is 0 Å². The van der Waals surface area contributed by atoms with Crippen LogP contribution in [0.2, 0.25) is 0 Å². The average molecular weight is 447 g/mol. The molecule has 0 atom stereocenters. The lowest BCUT2D eigenvalue weighted by Gasteiger charge is -2.12. The highest BCUT2D eigenvalue weighted by molar-refractivity contribution is 7.99. The molecule has 0 bridgehead atoms. The van der Waals surface area contributed by atoms with Crippen LogP contribution in [0.4, 0.5) is 18.9 Å². The molecule has 1 aliphatic carbocycles. The molecule has 1 aliphatic rings. The SMILES string of the molecule is O=C(CCSc1nnc(-c2ccncc2)n1CC(F)(F)F)Nc1ccc2c(c1)CCC2. The lowest BCUT2D eigenvalue weighted by molar-refractivity contribution is -0.141. The van der Waals surface area contributed by atoms with Crippen molar-refractivity contribution in [2.75, 3.05) is 11.1 Å².